The first-order valence-corrected chi connectivity index (χ1v) is 7.57. The summed E-state index contributed by atoms with van der Waals surface area (Å²) in [6.45, 7) is 4.82. The minimum atomic E-state index is -0.746. The Morgan fingerprint density at radius 2 is 1.74 bits per heavy atom. The summed E-state index contributed by atoms with van der Waals surface area (Å²) in [7, 11) is 0. The second-order valence-corrected chi connectivity index (χ2v) is 5.25. The van der Waals surface area contributed by atoms with Crippen LogP contribution < -0.4 is 5.32 Å². The van der Waals surface area contributed by atoms with E-state index in [9.17, 15) is 9.59 Å². The zero-order chi connectivity index (χ0) is 14.5. The lowest BCUT2D eigenvalue weighted by Crippen LogP contribution is -2.30. The van der Waals surface area contributed by atoms with Gasteiger partial charge < -0.3 is 10.4 Å². The molecule has 2 N–H and O–H groups in total. The molecule has 0 aliphatic heterocycles. The molecule has 0 aliphatic rings. The molecule has 0 rings (SSSR count). The second-order valence-electron chi connectivity index (χ2n) is 5.25. The van der Waals surface area contributed by atoms with Crippen molar-refractivity contribution in [2.45, 2.75) is 71.6 Å². The number of unbranched alkanes of at least 4 members (excludes halogenated alkanes) is 5. The van der Waals surface area contributed by atoms with E-state index in [1.54, 1.807) is 0 Å². The van der Waals surface area contributed by atoms with Crippen molar-refractivity contribution in [1.82, 2.24) is 5.32 Å². The van der Waals surface area contributed by atoms with Crippen LogP contribution in [0, 0.1) is 5.92 Å². The average molecular weight is 271 g/mol. The number of carboxylic acid groups (broad SMARTS) is 1. The Morgan fingerprint density at radius 3 is 2.37 bits per heavy atom. The maximum Gasteiger partial charge on any atom is 0.303 e. The van der Waals surface area contributed by atoms with Gasteiger partial charge in [-0.15, -0.1) is 0 Å². The topological polar surface area (TPSA) is 66.4 Å². The number of carbonyl (C=O) groups is 2. The van der Waals surface area contributed by atoms with Crippen LogP contribution in [0.25, 0.3) is 0 Å². The van der Waals surface area contributed by atoms with Crippen molar-refractivity contribution in [3.8, 4) is 0 Å². The lowest BCUT2D eigenvalue weighted by atomic mass is 10.0. The number of nitrogens with one attached hydrogen (secondary N) is 1. The van der Waals surface area contributed by atoms with Crippen LogP contribution >= 0.6 is 0 Å². The summed E-state index contributed by atoms with van der Waals surface area (Å²) >= 11 is 0. The highest BCUT2D eigenvalue weighted by Crippen LogP contribution is 2.10. The van der Waals surface area contributed by atoms with Gasteiger partial charge in [0.05, 0.1) is 0 Å². The molecule has 0 bridgehead atoms. The molecule has 0 aromatic heterocycles. The molecule has 4 heteroatoms. The molecule has 0 aromatic carbocycles. The third-order valence-electron chi connectivity index (χ3n) is 3.30. The molecule has 1 amide bonds. The minimum Gasteiger partial charge on any atom is -0.481 e. The molecule has 0 heterocycles. The van der Waals surface area contributed by atoms with Crippen molar-refractivity contribution in [2.24, 2.45) is 5.92 Å². The summed E-state index contributed by atoms with van der Waals surface area (Å²) in [6, 6.07) is 0. The fourth-order valence-corrected chi connectivity index (χ4v) is 1.97. The lowest BCUT2D eigenvalue weighted by molar-refractivity contribution is -0.137. The Hall–Kier alpha value is -1.06. The molecule has 0 radical (unpaired) electrons. The molecule has 0 aliphatic carbocycles. The summed E-state index contributed by atoms with van der Waals surface area (Å²) in [5, 5.41) is 11.4. The van der Waals surface area contributed by atoms with Crippen molar-refractivity contribution < 1.29 is 14.7 Å². The van der Waals surface area contributed by atoms with Gasteiger partial charge in [-0.1, -0.05) is 46.0 Å². The van der Waals surface area contributed by atoms with Crippen LogP contribution in [0.3, 0.4) is 0 Å². The third-order valence-corrected chi connectivity index (χ3v) is 3.30. The van der Waals surface area contributed by atoms with Crippen molar-refractivity contribution in [3.63, 3.8) is 0 Å². The Balaban J connectivity index is 3.43. The van der Waals surface area contributed by atoms with Gasteiger partial charge in [-0.05, 0) is 19.3 Å². The van der Waals surface area contributed by atoms with Gasteiger partial charge in [-0.2, -0.15) is 0 Å². The van der Waals surface area contributed by atoms with Crippen LogP contribution in [0.5, 0.6) is 0 Å². The van der Waals surface area contributed by atoms with Gasteiger partial charge in [0, 0.05) is 18.9 Å². The fraction of sp³-hybridized carbons (Fsp3) is 0.867. The number of hydrogen-bond donors (Lipinski definition) is 2. The van der Waals surface area contributed by atoms with Crippen LogP contribution in [0.4, 0.5) is 0 Å². The summed E-state index contributed by atoms with van der Waals surface area (Å²) in [4.78, 5) is 22.0. The van der Waals surface area contributed by atoms with Gasteiger partial charge in [0.15, 0.2) is 0 Å². The van der Waals surface area contributed by atoms with Gasteiger partial charge in [-0.3, -0.25) is 9.59 Å². The summed E-state index contributed by atoms with van der Waals surface area (Å²) in [6.07, 6.45) is 8.41. The molecule has 19 heavy (non-hydrogen) atoms. The highest BCUT2D eigenvalue weighted by Gasteiger charge is 2.11. The zero-order valence-electron chi connectivity index (χ0n) is 12.4. The smallest absolute Gasteiger partial charge is 0.303 e. The van der Waals surface area contributed by atoms with Crippen molar-refractivity contribution in [2.75, 3.05) is 6.54 Å². The third kappa shape index (κ3) is 11.7. The number of amides is 1. The normalized spacial score (nSPS) is 12.1. The van der Waals surface area contributed by atoms with Crippen LogP contribution in [0.15, 0.2) is 0 Å². The first-order valence-electron chi connectivity index (χ1n) is 7.57. The molecular formula is C15H29NO3. The predicted octanol–water partition coefficient (Wildman–Crippen LogP) is 3.35. The molecule has 112 valence electrons. The summed E-state index contributed by atoms with van der Waals surface area (Å²) in [5.41, 5.74) is 0. The standard InChI is InChI=1S/C15H29NO3/c1-3-4-5-7-10-13(2)15(19)16-12-9-6-8-11-14(17)18/h13H,3-12H2,1-2H3,(H,16,19)(H,17,18). The molecule has 0 spiro atoms. The van der Waals surface area contributed by atoms with Gasteiger partial charge in [0.2, 0.25) is 5.91 Å². The molecule has 0 fully saturated rings. The van der Waals surface area contributed by atoms with Crippen LogP contribution in [-0.4, -0.2) is 23.5 Å². The van der Waals surface area contributed by atoms with E-state index >= 15 is 0 Å². The van der Waals surface area contributed by atoms with Crippen LogP contribution in [-0.2, 0) is 9.59 Å². The monoisotopic (exact) mass is 271 g/mol. The van der Waals surface area contributed by atoms with Crippen molar-refractivity contribution >= 4 is 11.9 Å². The maximum atomic E-state index is 11.7. The van der Waals surface area contributed by atoms with E-state index in [1.165, 1.54) is 19.3 Å². The fourth-order valence-electron chi connectivity index (χ4n) is 1.97. The Bertz CT molecular complexity index is 254. The Kier molecular flexibility index (Phi) is 11.3. The quantitative estimate of drug-likeness (QED) is 0.535. The molecule has 0 saturated heterocycles. The van der Waals surface area contributed by atoms with E-state index in [0.717, 1.165) is 25.7 Å². The molecular weight excluding hydrogens is 242 g/mol. The Labute approximate surface area is 117 Å². The zero-order valence-corrected chi connectivity index (χ0v) is 12.4. The van der Waals surface area contributed by atoms with Gasteiger partial charge >= 0.3 is 5.97 Å². The average Bonchev–Trinajstić information content (AvgIpc) is 2.37. The Morgan fingerprint density at radius 1 is 1.05 bits per heavy atom. The van der Waals surface area contributed by atoms with E-state index in [1.807, 2.05) is 6.92 Å². The van der Waals surface area contributed by atoms with Gasteiger partial charge in [0.1, 0.15) is 0 Å². The number of hydrogen-bond acceptors (Lipinski definition) is 2. The molecule has 0 saturated carbocycles. The SMILES string of the molecule is CCCCCCC(C)C(=O)NCCCCCC(=O)O. The van der Waals surface area contributed by atoms with E-state index in [2.05, 4.69) is 12.2 Å². The maximum absolute atomic E-state index is 11.7. The first-order chi connectivity index (χ1) is 9.07. The molecule has 1 unspecified atom stereocenters. The van der Waals surface area contributed by atoms with Crippen LogP contribution in [0.2, 0.25) is 0 Å². The predicted molar refractivity (Wildman–Crippen MR) is 77.0 cm³/mol. The second kappa shape index (κ2) is 12.0. The molecule has 0 aromatic rings. The van der Waals surface area contributed by atoms with Crippen LogP contribution in [0.1, 0.15) is 71.6 Å². The van der Waals surface area contributed by atoms with E-state index in [4.69, 9.17) is 5.11 Å². The van der Waals surface area contributed by atoms with E-state index in [0.29, 0.717) is 13.0 Å². The summed E-state index contributed by atoms with van der Waals surface area (Å²) < 4.78 is 0. The number of carboxylic acids is 1. The highest BCUT2D eigenvalue weighted by atomic mass is 16.4. The van der Waals surface area contributed by atoms with Crippen molar-refractivity contribution in [1.29, 1.82) is 0 Å². The van der Waals surface area contributed by atoms with E-state index < -0.39 is 5.97 Å². The molecule has 1 atom stereocenters. The van der Waals surface area contributed by atoms with E-state index in [-0.39, 0.29) is 18.2 Å². The first kappa shape index (κ1) is 17.9. The number of aliphatic carboxylic acids is 1. The largest absolute Gasteiger partial charge is 0.481 e. The lowest BCUT2D eigenvalue weighted by Gasteiger charge is -2.11. The number of carbonyl (C=O) groups excluding carboxylic acids is 1. The highest BCUT2D eigenvalue weighted by molar-refractivity contribution is 5.78. The van der Waals surface area contributed by atoms with Gasteiger partial charge in [-0.25, -0.2) is 0 Å². The minimum absolute atomic E-state index is 0.0934. The molecule has 4 nitrogen and oxygen atoms in total. The van der Waals surface area contributed by atoms with Gasteiger partial charge in [0.25, 0.3) is 0 Å². The number of rotatable bonds is 12. The van der Waals surface area contributed by atoms with Crippen molar-refractivity contribution in [3.05, 3.63) is 0 Å². The summed E-state index contributed by atoms with van der Waals surface area (Å²) in [5.74, 6) is -0.518.